The van der Waals surface area contributed by atoms with Gasteiger partial charge in [0.1, 0.15) is 0 Å². The van der Waals surface area contributed by atoms with Crippen LogP contribution in [0.5, 0.6) is 0 Å². The molecule has 1 heterocycles. The van der Waals surface area contributed by atoms with Crippen molar-refractivity contribution in [1.29, 1.82) is 0 Å². The molecule has 0 spiro atoms. The Morgan fingerprint density at radius 2 is 2.50 bits per heavy atom. The molecule has 0 unspecified atom stereocenters. The second-order valence-corrected chi connectivity index (χ2v) is 1.96. The quantitative estimate of drug-likeness (QED) is 0.570. The number of nitrogens with one attached hydrogen (secondary N) is 1. The lowest BCUT2D eigenvalue weighted by Gasteiger charge is -1.98. The van der Waals surface area contributed by atoms with Crippen LogP contribution in [0.1, 0.15) is 6.42 Å². The third-order valence-electron chi connectivity index (χ3n) is 1.14. The van der Waals surface area contributed by atoms with Crippen LogP contribution in [0.15, 0.2) is 41.7 Å². The molecule has 0 aromatic carbocycles. The highest BCUT2D eigenvalue weighted by molar-refractivity contribution is 5.71. The predicted octanol–water partition coefficient (Wildman–Crippen LogP) is 1.59. The molecule has 10 heavy (non-hydrogen) atoms. The Morgan fingerprint density at radius 1 is 1.60 bits per heavy atom. The molecule has 0 atom stereocenters. The summed E-state index contributed by atoms with van der Waals surface area (Å²) < 4.78 is 0. The monoisotopic (exact) mass is 134 g/mol. The van der Waals surface area contributed by atoms with E-state index in [1.165, 1.54) is 0 Å². The van der Waals surface area contributed by atoms with E-state index in [9.17, 15) is 0 Å². The van der Waals surface area contributed by atoms with Gasteiger partial charge < -0.3 is 0 Å². The normalized spacial score (nSPS) is 15.4. The van der Waals surface area contributed by atoms with E-state index in [0.29, 0.717) is 0 Å². The van der Waals surface area contributed by atoms with E-state index in [4.69, 9.17) is 0 Å². The number of hydrogen-bond acceptors (Lipinski definition) is 2. The first-order chi connectivity index (χ1) is 4.93. The fraction of sp³-hybridized carbons (Fsp3) is 0.125. The highest BCUT2D eigenvalue weighted by atomic mass is 15.3. The van der Waals surface area contributed by atoms with Crippen molar-refractivity contribution >= 4 is 6.21 Å². The minimum atomic E-state index is 0.835. The molecule has 1 aliphatic heterocycles. The molecule has 0 bridgehead atoms. The number of hydrogen-bond donors (Lipinski definition) is 1. The van der Waals surface area contributed by atoms with Crippen LogP contribution < -0.4 is 5.43 Å². The van der Waals surface area contributed by atoms with E-state index in [1.54, 1.807) is 6.21 Å². The molecule has 0 fully saturated rings. The van der Waals surface area contributed by atoms with Gasteiger partial charge in [-0.15, -0.1) is 6.58 Å². The molecular formula is C8H10N2. The number of nitrogens with zero attached hydrogens (tertiary/aromatic N) is 1. The van der Waals surface area contributed by atoms with Crippen molar-refractivity contribution in [3.05, 3.63) is 36.6 Å². The summed E-state index contributed by atoms with van der Waals surface area (Å²) in [7, 11) is 0. The maximum Gasteiger partial charge on any atom is 0.0472 e. The highest BCUT2D eigenvalue weighted by Crippen LogP contribution is 1.99. The van der Waals surface area contributed by atoms with Gasteiger partial charge >= 0.3 is 0 Å². The standard InChI is InChI=1S/C8H10N2/c1-2-5-8-6-3-4-7-9-10-8/h2-4,6-7,10H,1,5H2. The maximum absolute atomic E-state index is 3.89. The van der Waals surface area contributed by atoms with Crippen molar-refractivity contribution < 1.29 is 0 Å². The summed E-state index contributed by atoms with van der Waals surface area (Å²) in [5.41, 5.74) is 3.95. The molecule has 1 rings (SSSR count). The molecule has 0 aliphatic carbocycles. The second kappa shape index (κ2) is 3.67. The lowest BCUT2D eigenvalue weighted by molar-refractivity contribution is 0.863. The van der Waals surface area contributed by atoms with Gasteiger partial charge in [-0.1, -0.05) is 12.2 Å². The summed E-state index contributed by atoms with van der Waals surface area (Å²) in [4.78, 5) is 0. The highest BCUT2D eigenvalue weighted by Gasteiger charge is 1.89. The first kappa shape index (κ1) is 6.81. The average molecular weight is 134 g/mol. The Bertz CT molecular complexity index is 199. The van der Waals surface area contributed by atoms with Gasteiger partial charge in [-0.25, -0.2) is 0 Å². The smallest absolute Gasteiger partial charge is 0.0472 e. The minimum absolute atomic E-state index is 0.835. The van der Waals surface area contributed by atoms with E-state index >= 15 is 0 Å². The van der Waals surface area contributed by atoms with Crippen LogP contribution >= 0.6 is 0 Å². The molecule has 2 heteroatoms. The summed E-state index contributed by atoms with van der Waals surface area (Å²) in [6, 6.07) is 0. The molecule has 2 nitrogen and oxygen atoms in total. The molecule has 0 amide bonds. The van der Waals surface area contributed by atoms with Gasteiger partial charge in [-0.05, 0) is 12.2 Å². The Morgan fingerprint density at radius 3 is 3.30 bits per heavy atom. The van der Waals surface area contributed by atoms with Crippen molar-refractivity contribution in [1.82, 2.24) is 5.43 Å². The zero-order valence-corrected chi connectivity index (χ0v) is 5.75. The maximum atomic E-state index is 3.89. The van der Waals surface area contributed by atoms with E-state index in [1.807, 2.05) is 24.3 Å². The first-order valence-corrected chi connectivity index (χ1v) is 3.19. The fourth-order valence-electron chi connectivity index (χ4n) is 0.691. The molecule has 0 saturated heterocycles. The van der Waals surface area contributed by atoms with Gasteiger partial charge in [-0.2, -0.15) is 5.10 Å². The van der Waals surface area contributed by atoms with Crippen LogP contribution in [0.4, 0.5) is 0 Å². The van der Waals surface area contributed by atoms with Gasteiger partial charge in [0, 0.05) is 18.3 Å². The molecule has 0 saturated carbocycles. The predicted molar refractivity (Wildman–Crippen MR) is 43.7 cm³/mol. The van der Waals surface area contributed by atoms with E-state index in [0.717, 1.165) is 12.1 Å². The van der Waals surface area contributed by atoms with Crippen molar-refractivity contribution in [2.75, 3.05) is 0 Å². The summed E-state index contributed by atoms with van der Waals surface area (Å²) in [6.07, 6.45) is 10.2. The Hall–Kier alpha value is -1.31. The van der Waals surface area contributed by atoms with Crippen LogP contribution in [0.2, 0.25) is 0 Å². The van der Waals surface area contributed by atoms with Gasteiger partial charge in [0.2, 0.25) is 0 Å². The van der Waals surface area contributed by atoms with Gasteiger partial charge in [0.15, 0.2) is 0 Å². The van der Waals surface area contributed by atoms with Gasteiger partial charge in [0.05, 0.1) is 0 Å². The lowest BCUT2D eigenvalue weighted by atomic mass is 10.3. The molecule has 1 aliphatic rings. The average Bonchev–Trinajstić information content (AvgIpc) is 2.17. The first-order valence-electron chi connectivity index (χ1n) is 3.19. The van der Waals surface area contributed by atoms with Crippen molar-refractivity contribution in [3.8, 4) is 0 Å². The van der Waals surface area contributed by atoms with E-state index in [-0.39, 0.29) is 0 Å². The SMILES string of the molecule is C=CCC1=CC=CC=NN1. The molecule has 1 N–H and O–H groups in total. The Labute approximate surface area is 60.6 Å². The molecule has 52 valence electrons. The van der Waals surface area contributed by atoms with Crippen LogP contribution in [0.3, 0.4) is 0 Å². The molecular weight excluding hydrogens is 124 g/mol. The van der Waals surface area contributed by atoms with Gasteiger partial charge in [-0.3, -0.25) is 5.43 Å². The van der Waals surface area contributed by atoms with Crippen molar-refractivity contribution in [3.63, 3.8) is 0 Å². The van der Waals surface area contributed by atoms with Crippen molar-refractivity contribution in [2.45, 2.75) is 6.42 Å². The zero-order valence-electron chi connectivity index (χ0n) is 5.75. The van der Waals surface area contributed by atoms with Crippen LogP contribution in [-0.2, 0) is 0 Å². The lowest BCUT2D eigenvalue weighted by Crippen LogP contribution is -2.02. The summed E-state index contributed by atoms with van der Waals surface area (Å²) in [5.74, 6) is 0. The molecule has 0 aromatic heterocycles. The van der Waals surface area contributed by atoms with Crippen LogP contribution in [-0.4, -0.2) is 6.21 Å². The fourth-order valence-corrected chi connectivity index (χ4v) is 0.691. The second-order valence-electron chi connectivity index (χ2n) is 1.96. The van der Waals surface area contributed by atoms with Gasteiger partial charge in [0.25, 0.3) is 0 Å². The summed E-state index contributed by atoms with van der Waals surface area (Å²) in [6.45, 7) is 3.63. The minimum Gasteiger partial charge on any atom is -0.282 e. The van der Waals surface area contributed by atoms with Crippen LogP contribution in [0.25, 0.3) is 0 Å². The number of rotatable bonds is 2. The summed E-state index contributed by atoms with van der Waals surface area (Å²) >= 11 is 0. The van der Waals surface area contributed by atoms with Crippen molar-refractivity contribution in [2.24, 2.45) is 5.10 Å². The zero-order chi connectivity index (χ0) is 7.23. The number of allylic oxidation sites excluding steroid dienone is 4. The topological polar surface area (TPSA) is 24.4 Å². The van der Waals surface area contributed by atoms with E-state index < -0.39 is 0 Å². The Balaban J connectivity index is 2.58. The summed E-state index contributed by atoms with van der Waals surface area (Å²) in [5, 5.41) is 3.89. The molecule has 0 radical (unpaired) electrons. The third-order valence-corrected chi connectivity index (χ3v) is 1.14. The molecule has 0 aromatic rings. The van der Waals surface area contributed by atoms with E-state index in [2.05, 4.69) is 17.1 Å². The number of hydrazone groups is 1. The third kappa shape index (κ3) is 1.90. The largest absolute Gasteiger partial charge is 0.282 e. The van der Waals surface area contributed by atoms with Crippen LogP contribution in [0, 0.1) is 0 Å². The Kier molecular flexibility index (Phi) is 2.49.